The molecular weight excluding hydrogens is 225 g/mol. The third-order valence-electron chi connectivity index (χ3n) is 1.73. The van der Waals surface area contributed by atoms with Crippen LogP contribution in [-0.4, -0.2) is 5.91 Å². The number of carbonyl (C=O) groups is 1. The minimum Gasteiger partial charge on any atom is -0.366 e. The smallest absolute Gasteiger partial charge is 0.366 e. The molecule has 0 aliphatic rings. The van der Waals surface area contributed by atoms with Crippen molar-refractivity contribution in [1.82, 2.24) is 0 Å². The standard InChI is InChI=1S/C8H5F3N4O/c9-8(10,11)6-3-4(14-15-13)1-2-5(6)7(12)16/h1-3H,(H2,12,16). The molecule has 0 saturated carbocycles. The van der Waals surface area contributed by atoms with Crippen LogP contribution in [0.25, 0.3) is 10.4 Å². The molecule has 0 fully saturated rings. The van der Waals surface area contributed by atoms with Crippen LogP contribution in [0.5, 0.6) is 0 Å². The Hall–Kier alpha value is -2.21. The van der Waals surface area contributed by atoms with Crippen LogP contribution in [-0.2, 0) is 6.18 Å². The van der Waals surface area contributed by atoms with Gasteiger partial charge in [-0.2, -0.15) is 13.2 Å². The van der Waals surface area contributed by atoms with Gasteiger partial charge in [0, 0.05) is 10.6 Å². The predicted octanol–water partition coefficient (Wildman–Crippen LogP) is 2.75. The van der Waals surface area contributed by atoms with E-state index in [9.17, 15) is 18.0 Å². The summed E-state index contributed by atoms with van der Waals surface area (Å²) in [5.41, 5.74) is 10.8. The van der Waals surface area contributed by atoms with Gasteiger partial charge in [-0.25, -0.2) is 0 Å². The maximum atomic E-state index is 12.5. The first-order chi connectivity index (χ1) is 7.36. The third kappa shape index (κ3) is 2.43. The van der Waals surface area contributed by atoms with Gasteiger partial charge in [0.15, 0.2) is 0 Å². The Morgan fingerprint density at radius 2 is 2.06 bits per heavy atom. The molecule has 0 spiro atoms. The highest BCUT2D eigenvalue weighted by molar-refractivity contribution is 5.94. The van der Waals surface area contributed by atoms with Crippen LogP contribution < -0.4 is 5.73 Å². The Labute approximate surface area is 87.3 Å². The fraction of sp³-hybridized carbons (Fsp3) is 0.125. The fourth-order valence-corrected chi connectivity index (χ4v) is 1.10. The van der Waals surface area contributed by atoms with Crippen molar-refractivity contribution in [2.75, 3.05) is 0 Å². The molecule has 0 aliphatic carbocycles. The number of rotatable bonds is 2. The Bertz CT molecular complexity index is 477. The lowest BCUT2D eigenvalue weighted by Gasteiger charge is -2.10. The first-order valence-electron chi connectivity index (χ1n) is 3.92. The summed E-state index contributed by atoms with van der Waals surface area (Å²) in [5, 5.41) is 3.01. The van der Waals surface area contributed by atoms with Gasteiger partial charge >= 0.3 is 6.18 Å². The number of carbonyl (C=O) groups excluding carboxylic acids is 1. The zero-order valence-electron chi connectivity index (χ0n) is 7.69. The first kappa shape index (κ1) is 11.9. The summed E-state index contributed by atoms with van der Waals surface area (Å²) in [6.45, 7) is 0. The molecule has 0 atom stereocenters. The number of amides is 1. The number of hydrogen-bond donors (Lipinski definition) is 1. The van der Waals surface area contributed by atoms with Gasteiger partial charge in [0.2, 0.25) is 5.91 Å². The Morgan fingerprint density at radius 3 is 2.50 bits per heavy atom. The molecule has 1 amide bonds. The van der Waals surface area contributed by atoms with E-state index in [4.69, 9.17) is 11.3 Å². The van der Waals surface area contributed by atoms with Crippen LogP contribution in [0.3, 0.4) is 0 Å². The zero-order valence-corrected chi connectivity index (χ0v) is 7.69. The summed E-state index contributed by atoms with van der Waals surface area (Å²) >= 11 is 0. The average molecular weight is 230 g/mol. The summed E-state index contributed by atoms with van der Waals surface area (Å²) in [7, 11) is 0. The van der Waals surface area contributed by atoms with Crippen LogP contribution in [0, 0.1) is 0 Å². The number of alkyl halides is 3. The molecule has 0 aliphatic heterocycles. The normalized spacial score (nSPS) is 10.7. The van der Waals surface area contributed by atoms with E-state index in [0.29, 0.717) is 6.07 Å². The number of nitrogens with two attached hydrogens (primary N) is 1. The van der Waals surface area contributed by atoms with Gasteiger partial charge in [0.25, 0.3) is 0 Å². The molecule has 84 valence electrons. The van der Waals surface area contributed by atoms with Crippen LogP contribution in [0.4, 0.5) is 18.9 Å². The van der Waals surface area contributed by atoms with Gasteiger partial charge in [-0.15, -0.1) is 0 Å². The average Bonchev–Trinajstić information content (AvgIpc) is 2.16. The second-order valence-corrected chi connectivity index (χ2v) is 2.78. The molecule has 0 saturated heterocycles. The molecule has 1 rings (SSSR count). The van der Waals surface area contributed by atoms with E-state index in [0.717, 1.165) is 12.1 Å². The molecular formula is C8H5F3N4O. The quantitative estimate of drug-likeness (QED) is 0.472. The molecule has 16 heavy (non-hydrogen) atoms. The minimum absolute atomic E-state index is 0.236. The van der Waals surface area contributed by atoms with Crippen LogP contribution in [0.2, 0.25) is 0 Å². The summed E-state index contributed by atoms with van der Waals surface area (Å²) in [6, 6.07) is 2.52. The van der Waals surface area contributed by atoms with Crippen molar-refractivity contribution in [3.05, 3.63) is 39.8 Å². The van der Waals surface area contributed by atoms with Crippen LogP contribution >= 0.6 is 0 Å². The van der Waals surface area contributed by atoms with Crippen molar-refractivity contribution >= 4 is 11.6 Å². The second kappa shape index (κ2) is 4.11. The maximum absolute atomic E-state index is 12.5. The van der Waals surface area contributed by atoms with Gasteiger partial charge in [-0.05, 0) is 17.7 Å². The van der Waals surface area contributed by atoms with Crippen molar-refractivity contribution in [1.29, 1.82) is 0 Å². The van der Waals surface area contributed by atoms with Crippen molar-refractivity contribution in [2.24, 2.45) is 10.8 Å². The van der Waals surface area contributed by atoms with Gasteiger partial charge in [0.05, 0.1) is 11.1 Å². The van der Waals surface area contributed by atoms with E-state index >= 15 is 0 Å². The number of primary amides is 1. The molecule has 0 bridgehead atoms. The molecule has 0 unspecified atom stereocenters. The largest absolute Gasteiger partial charge is 0.417 e. The highest BCUT2D eigenvalue weighted by Gasteiger charge is 2.34. The molecule has 0 heterocycles. The highest BCUT2D eigenvalue weighted by atomic mass is 19.4. The van der Waals surface area contributed by atoms with Gasteiger partial charge < -0.3 is 5.73 Å². The monoisotopic (exact) mass is 230 g/mol. The zero-order chi connectivity index (χ0) is 12.3. The third-order valence-corrected chi connectivity index (χ3v) is 1.73. The lowest BCUT2D eigenvalue weighted by Crippen LogP contribution is -2.18. The molecule has 2 N–H and O–H groups in total. The molecule has 1 aromatic carbocycles. The number of hydrogen-bond acceptors (Lipinski definition) is 2. The van der Waals surface area contributed by atoms with Gasteiger partial charge in [0.1, 0.15) is 0 Å². The molecule has 0 aromatic heterocycles. The highest BCUT2D eigenvalue weighted by Crippen LogP contribution is 2.34. The Balaban J connectivity index is 3.44. The summed E-state index contributed by atoms with van der Waals surface area (Å²) in [6.07, 6.45) is -4.73. The predicted molar refractivity (Wildman–Crippen MR) is 48.8 cm³/mol. The van der Waals surface area contributed by atoms with E-state index in [1.54, 1.807) is 0 Å². The molecule has 1 aromatic rings. The maximum Gasteiger partial charge on any atom is 0.417 e. The Kier molecular flexibility index (Phi) is 3.05. The summed E-state index contributed by atoms with van der Waals surface area (Å²) in [4.78, 5) is 13.1. The van der Waals surface area contributed by atoms with E-state index in [-0.39, 0.29) is 5.69 Å². The number of nitrogens with zero attached hydrogens (tertiary/aromatic N) is 3. The first-order valence-corrected chi connectivity index (χ1v) is 3.92. The minimum atomic E-state index is -4.73. The number of benzene rings is 1. The lowest BCUT2D eigenvalue weighted by atomic mass is 10.1. The van der Waals surface area contributed by atoms with Crippen molar-refractivity contribution in [3.8, 4) is 0 Å². The number of azide groups is 1. The van der Waals surface area contributed by atoms with E-state index in [1.807, 2.05) is 0 Å². The van der Waals surface area contributed by atoms with Crippen LogP contribution in [0.15, 0.2) is 23.3 Å². The van der Waals surface area contributed by atoms with Crippen LogP contribution in [0.1, 0.15) is 15.9 Å². The summed E-state index contributed by atoms with van der Waals surface area (Å²) in [5.74, 6) is -1.19. The van der Waals surface area contributed by atoms with Crippen molar-refractivity contribution in [2.45, 2.75) is 6.18 Å². The van der Waals surface area contributed by atoms with Crippen molar-refractivity contribution in [3.63, 3.8) is 0 Å². The van der Waals surface area contributed by atoms with E-state index in [1.165, 1.54) is 0 Å². The van der Waals surface area contributed by atoms with E-state index < -0.39 is 23.2 Å². The SMILES string of the molecule is [N-]=[N+]=Nc1ccc(C(N)=O)c(C(F)(F)F)c1. The lowest BCUT2D eigenvalue weighted by molar-refractivity contribution is -0.137. The van der Waals surface area contributed by atoms with Crippen molar-refractivity contribution < 1.29 is 18.0 Å². The van der Waals surface area contributed by atoms with Gasteiger partial charge in [-0.1, -0.05) is 11.2 Å². The Morgan fingerprint density at radius 1 is 1.44 bits per heavy atom. The number of halogens is 3. The fourth-order valence-electron chi connectivity index (χ4n) is 1.10. The topological polar surface area (TPSA) is 91.8 Å². The molecule has 8 heteroatoms. The molecule has 0 radical (unpaired) electrons. The van der Waals surface area contributed by atoms with Gasteiger partial charge in [-0.3, -0.25) is 4.79 Å². The summed E-state index contributed by atoms with van der Waals surface area (Å²) < 4.78 is 37.5. The molecule has 5 nitrogen and oxygen atoms in total. The van der Waals surface area contributed by atoms with E-state index in [2.05, 4.69) is 10.0 Å². The second-order valence-electron chi connectivity index (χ2n) is 2.78.